The molecule has 4 bridgehead atoms. The lowest BCUT2D eigenvalue weighted by atomic mass is 9.44. The molecule has 2 unspecified atom stereocenters. The van der Waals surface area contributed by atoms with Crippen molar-refractivity contribution in [2.24, 2.45) is 46.3 Å². The third-order valence-corrected chi connectivity index (χ3v) is 11.8. The normalized spacial score (nSPS) is 33.4. The van der Waals surface area contributed by atoms with Crippen molar-refractivity contribution >= 4 is 46.6 Å². The van der Waals surface area contributed by atoms with Gasteiger partial charge in [-0.2, -0.15) is 0 Å². The van der Waals surface area contributed by atoms with Gasteiger partial charge in [0.15, 0.2) is 23.1 Å². The van der Waals surface area contributed by atoms with Gasteiger partial charge < -0.3 is 29.9 Å². The van der Waals surface area contributed by atoms with Crippen LogP contribution in [0.5, 0.6) is 11.5 Å². The zero-order chi connectivity index (χ0) is 34.5. The van der Waals surface area contributed by atoms with Crippen molar-refractivity contribution in [2.75, 3.05) is 13.2 Å². The zero-order valence-electron chi connectivity index (χ0n) is 26.2. The van der Waals surface area contributed by atoms with Gasteiger partial charge in [0.25, 0.3) is 0 Å². The minimum atomic E-state index is -2.15. The number of esters is 2. The summed E-state index contributed by atoms with van der Waals surface area (Å²) in [6.07, 6.45) is 0. The van der Waals surface area contributed by atoms with E-state index in [1.165, 1.54) is 24.3 Å². The molecule has 4 N–H and O–H groups in total. The van der Waals surface area contributed by atoms with E-state index in [2.05, 4.69) is 0 Å². The molecule has 2 aromatic rings. The Labute approximate surface area is 272 Å². The summed E-state index contributed by atoms with van der Waals surface area (Å²) < 4.78 is 10.9. The van der Waals surface area contributed by atoms with Crippen LogP contribution in [0.15, 0.2) is 35.4 Å². The fourth-order valence-corrected chi connectivity index (χ4v) is 10.8. The van der Waals surface area contributed by atoms with Crippen LogP contribution in [0, 0.1) is 60.2 Å². The number of aryl methyl sites for hydroxylation is 2. The molecular formula is C36H30O12. The first-order chi connectivity index (χ1) is 22.6. The Kier molecular flexibility index (Phi) is 5.77. The fourth-order valence-electron chi connectivity index (χ4n) is 10.8. The van der Waals surface area contributed by atoms with Crippen molar-refractivity contribution < 1.29 is 58.7 Å². The van der Waals surface area contributed by atoms with E-state index in [4.69, 9.17) is 9.47 Å². The van der Waals surface area contributed by atoms with Gasteiger partial charge in [0.2, 0.25) is 0 Å². The van der Waals surface area contributed by atoms with Crippen LogP contribution in [0.4, 0.5) is 0 Å². The van der Waals surface area contributed by atoms with E-state index >= 15 is 19.2 Å². The average Bonchev–Trinajstić information content (AvgIpc) is 3.40. The Morgan fingerprint density at radius 3 is 1.33 bits per heavy atom. The van der Waals surface area contributed by atoms with Crippen LogP contribution in [-0.2, 0) is 28.7 Å². The molecule has 6 aliphatic carbocycles. The molecule has 0 saturated heterocycles. The Morgan fingerprint density at radius 2 is 1.00 bits per heavy atom. The lowest BCUT2D eigenvalue weighted by Gasteiger charge is -2.55. The van der Waals surface area contributed by atoms with Gasteiger partial charge in [-0.05, 0) is 61.1 Å². The van der Waals surface area contributed by atoms with E-state index in [0.29, 0.717) is 11.1 Å². The smallest absolute Gasteiger partial charge is 0.302 e. The Morgan fingerprint density at radius 1 is 0.646 bits per heavy atom. The van der Waals surface area contributed by atoms with Crippen LogP contribution >= 0.6 is 0 Å². The van der Waals surface area contributed by atoms with Gasteiger partial charge in [-0.25, -0.2) is 0 Å². The molecule has 8 rings (SSSR count). The number of carbonyl (C=O) groups excluding carboxylic acids is 6. The molecule has 0 aliphatic heterocycles. The van der Waals surface area contributed by atoms with Crippen molar-refractivity contribution in [1.82, 2.24) is 0 Å². The second-order valence-electron chi connectivity index (χ2n) is 13.9. The third-order valence-electron chi connectivity index (χ3n) is 11.8. The number of ether oxygens (including phenoxy) is 2. The molecule has 0 amide bonds. The summed E-state index contributed by atoms with van der Waals surface area (Å²) in [7, 11) is 0. The molecule has 0 heterocycles. The number of ketones is 4. The standard InChI is InChI=1S/C36H30O12/c1-11-5-15-21(19(39)7-11)29(41)27-32(44)26-17(9-47-13(3)37)23-24-18(10-48-14(4)38)25(35(23,27)33(15)45)31(43)28-30(42)22-16(34(46)36(24,26)28)6-12(2)8-20(22)40/h5-8,17-18,23-26,39-42H,9-10H2,1-4H3/t17-,18+,23+,24-,25+,26-,35?,36?. The number of hydrogen-bond acceptors (Lipinski definition) is 12. The maximum Gasteiger partial charge on any atom is 0.302 e. The van der Waals surface area contributed by atoms with Gasteiger partial charge in [0.05, 0.1) is 46.3 Å². The highest BCUT2D eigenvalue weighted by Gasteiger charge is 2.89. The first-order valence-electron chi connectivity index (χ1n) is 15.6. The average molecular weight is 655 g/mol. The summed E-state index contributed by atoms with van der Waals surface area (Å²) in [6, 6.07) is 5.50. The summed E-state index contributed by atoms with van der Waals surface area (Å²) >= 11 is 0. The minimum absolute atomic E-state index is 0.150. The monoisotopic (exact) mass is 654 g/mol. The number of rotatable bonds is 4. The maximum atomic E-state index is 15.2. The summed E-state index contributed by atoms with van der Waals surface area (Å²) in [5, 5.41) is 45.8. The molecule has 0 aromatic heterocycles. The van der Waals surface area contributed by atoms with Gasteiger partial charge in [-0.3, -0.25) is 28.8 Å². The molecule has 4 saturated carbocycles. The second-order valence-corrected chi connectivity index (χ2v) is 13.9. The molecule has 246 valence electrons. The number of Topliss-reactive ketones (excluding diaryl/α,β-unsaturated/α-hetero) is 4. The van der Waals surface area contributed by atoms with E-state index in [0.717, 1.165) is 13.8 Å². The Bertz CT molecular complexity index is 1940. The molecular weight excluding hydrogens is 624 g/mol. The molecule has 0 radical (unpaired) electrons. The van der Waals surface area contributed by atoms with Crippen molar-refractivity contribution in [3.8, 4) is 11.5 Å². The van der Waals surface area contributed by atoms with E-state index in [9.17, 15) is 30.0 Å². The molecule has 2 spiro atoms. The number of carbonyl (C=O) groups is 6. The molecule has 48 heavy (non-hydrogen) atoms. The van der Waals surface area contributed by atoms with Gasteiger partial charge in [0.1, 0.15) is 23.0 Å². The number of aromatic hydroxyl groups is 2. The highest BCUT2D eigenvalue weighted by atomic mass is 16.5. The van der Waals surface area contributed by atoms with E-state index < -0.39 is 129 Å². The zero-order valence-corrected chi connectivity index (χ0v) is 26.2. The van der Waals surface area contributed by atoms with Gasteiger partial charge in [-0.15, -0.1) is 0 Å². The lowest BCUT2D eigenvalue weighted by Crippen LogP contribution is -2.64. The van der Waals surface area contributed by atoms with Gasteiger partial charge in [0, 0.05) is 48.6 Å². The number of hydrogen-bond donors (Lipinski definition) is 4. The first-order valence-corrected chi connectivity index (χ1v) is 15.6. The molecule has 8 atom stereocenters. The third kappa shape index (κ3) is 3.07. The van der Waals surface area contributed by atoms with E-state index in [1.807, 2.05) is 0 Å². The number of aliphatic hydroxyl groups is 2. The highest BCUT2D eigenvalue weighted by Crippen LogP contribution is 2.83. The molecule has 4 fully saturated rings. The number of aliphatic hydroxyl groups excluding tert-OH is 2. The van der Waals surface area contributed by atoms with Crippen molar-refractivity contribution in [1.29, 1.82) is 0 Å². The van der Waals surface area contributed by atoms with Crippen LogP contribution in [0.1, 0.15) is 56.8 Å². The van der Waals surface area contributed by atoms with Crippen LogP contribution < -0.4 is 0 Å². The predicted molar refractivity (Wildman–Crippen MR) is 163 cm³/mol. The number of benzene rings is 2. The Hall–Kier alpha value is -5.26. The molecule has 12 heteroatoms. The highest BCUT2D eigenvalue weighted by molar-refractivity contribution is 6.30. The largest absolute Gasteiger partial charge is 0.507 e. The summed E-state index contributed by atoms with van der Waals surface area (Å²) in [5.41, 5.74) is -5.13. The van der Waals surface area contributed by atoms with E-state index in [-0.39, 0.29) is 22.3 Å². The van der Waals surface area contributed by atoms with Gasteiger partial charge >= 0.3 is 11.9 Å². The van der Waals surface area contributed by atoms with E-state index in [1.54, 1.807) is 13.8 Å². The topological polar surface area (TPSA) is 202 Å². The number of fused-ring (bicyclic) bond motifs is 4. The van der Waals surface area contributed by atoms with Crippen LogP contribution in [-0.4, -0.2) is 68.7 Å². The Balaban J connectivity index is 1.54. The van der Waals surface area contributed by atoms with Crippen molar-refractivity contribution in [3.63, 3.8) is 0 Å². The summed E-state index contributed by atoms with van der Waals surface area (Å²) in [5.74, 6) is -14.4. The lowest BCUT2D eigenvalue weighted by molar-refractivity contribution is -0.150. The molecule has 2 aromatic carbocycles. The van der Waals surface area contributed by atoms with Crippen molar-refractivity contribution in [2.45, 2.75) is 27.7 Å². The second kappa shape index (κ2) is 9.21. The van der Waals surface area contributed by atoms with Gasteiger partial charge in [-0.1, -0.05) is 0 Å². The van der Waals surface area contributed by atoms with Crippen LogP contribution in [0.3, 0.4) is 0 Å². The summed E-state index contributed by atoms with van der Waals surface area (Å²) in [6.45, 7) is 4.68. The summed E-state index contributed by atoms with van der Waals surface area (Å²) in [4.78, 5) is 85.1. The number of allylic oxidation sites excluding steroid dienone is 2. The molecule has 6 aliphatic rings. The van der Waals surface area contributed by atoms with Crippen molar-refractivity contribution in [3.05, 3.63) is 68.8 Å². The minimum Gasteiger partial charge on any atom is -0.507 e. The SMILES string of the molecule is CC(=O)OC[C@@H]1[C@H]2[C@H]3[C@H](COC(C)=O)[C@H]4C(=O)C5=C(O)c6c(O)cc(C)cc6C(=O)C53[C@H]1C(=O)C1=C(O)c3c(O)cc(C)cc3C(=O)C124. The quantitative estimate of drug-likeness (QED) is 0.351. The molecule has 12 nitrogen and oxygen atoms in total. The first kappa shape index (κ1) is 30.1. The van der Waals surface area contributed by atoms with Crippen LogP contribution in [0.2, 0.25) is 0 Å². The predicted octanol–water partition coefficient (Wildman–Crippen LogP) is 3.33. The van der Waals surface area contributed by atoms with Crippen LogP contribution in [0.25, 0.3) is 11.5 Å². The number of phenols is 2. The maximum absolute atomic E-state index is 15.2. The number of phenolic OH excluding ortho intramolecular Hbond substituents is 2. The fraction of sp³-hybridized carbons (Fsp3) is 0.389.